The molecule has 0 radical (unpaired) electrons. The molecule has 0 heterocycles. The van der Waals surface area contributed by atoms with E-state index in [4.69, 9.17) is 4.43 Å². The summed E-state index contributed by atoms with van der Waals surface area (Å²) in [5.41, 5.74) is 3.17. The van der Waals surface area contributed by atoms with E-state index in [9.17, 15) is 0 Å². The van der Waals surface area contributed by atoms with Crippen molar-refractivity contribution in [1.82, 2.24) is 0 Å². The zero-order valence-corrected chi connectivity index (χ0v) is 17.0. The Labute approximate surface area is 140 Å². The maximum absolute atomic E-state index is 6.13. The Bertz CT molecular complexity index is 430. The molecule has 1 rings (SSSR count). The molecule has 0 N–H and O–H groups in total. The maximum Gasteiger partial charge on any atom is 0.192 e. The van der Waals surface area contributed by atoms with Crippen molar-refractivity contribution < 1.29 is 4.43 Å². The van der Waals surface area contributed by atoms with E-state index < -0.39 is 9.76 Å². The van der Waals surface area contributed by atoms with Crippen LogP contribution in [0, 0.1) is 5.92 Å². The van der Waals surface area contributed by atoms with Gasteiger partial charge in [-0.1, -0.05) is 66.2 Å². The lowest BCUT2D eigenvalue weighted by molar-refractivity contribution is 0.299. The highest BCUT2D eigenvalue weighted by atomic mass is 28.2. The van der Waals surface area contributed by atoms with Crippen LogP contribution in [0.2, 0.25) is 0 Å². The second-order valence-electron chi connectivity index (χ2n) is 6.89. The maximum atomic E-state index is 6.13. The zero-order valence-electron chi connectivity index (χ0n) is 15.6. The lowest BCUT2D eigenvalue weighted by Crippen LogP contribution is -2.26. The predicted molar refractivity (Wildman–Crippen MR) is 102 cm³/mol. The largest absolute Gasteiger partial charge is 0.419 e. The van der Waals surface area contributed by atoms with E-state index in [2.05, 4.69) is 59.7 Å². The van der Waals surface area contributed by atoms with Crippen molar-refractivity contribution in [1.29, 1.82) is 0 Å². The summed E-state index contributed by atoms with van der Waals surface area (Å²) in [7, 11) is -0.604. The van der Waals surface area contributed by atoms with E-state index in [1.54, 1.807) is 11.1 Å². The topological polar surface area (TPSA) is 9.23 Å². The lowest BCUT2D eigenvalue weighted by atomic mass is 9.86. The minimum absolute atomic E-state index is 0.604. The first-order valence-corrected chi connectivity index (χ1v) is 10.5. The molecule has 0 spiro atoms. The standard InChI is InChI=1S/C20H36OSi/c1-7-15(4)13-14-21-22-19-12-10-11-18(16(5)8-2)20(19)17(6)9-3/h10-12,15-17H,7-9,13-14,22H2,1-6H3. The van der Waals surface area contributed by atoms with E-state index >= 15 is 0 Å². The van der Waals surface area contributed by atoms with Gasteiger partial charge in [-0.2, -0.15) is 0 Å². The molecule has 1 nitrogen and oxygen atoms in total. The van der Waals surface area contributed by atoms with Crippen LogP contribution in [0.5, 0.6) is 0 Å². The Morgan fingerprint density at radius 1 is 0.955 bits per heavy atom. The third-order valence-corrected chi connectivity index (χ3v) is 6.61. The Morgan fingerprint density at radius 2 is 1.64 bits per heavy atom. The predicted octanol–water partition coefficient (Wildman–Crippen LogP) is 4.88. The molecule has 0 saturated carbocycles. The first kappa shape index (κ1) is 19.4. The van der Waals surface area contributed by atoms with Gasteiger partial charge in [-0.25, -0.2) is 0 Å². The van der Waals surface area contributed by atoms with Gasteiger partial charge in [0.15, 0.2) is 9.76 Å². The third-order valence-electron chi connectivity index (χ3n) is 5.19. The first-order valence-electron chi connectivity index (χ1n) is 9.24. The number of benzene rings is 1. The van der Waals surface area contributed by atoms with Gasteiger partial charge in [0.2, 0.25) is 0 Å². The number of hydrogen-bond acceptors (Lipinski definition) is 1. The molecule has 2 heteroatoms. The van der Waals surface area contributed by atoms with Gasteiger partial charge in [0.1, 0.15) is 0 Å². The minimum Gasteiger partial charge on any atom is -0.419 e. The molecule has 0 fully saturated rings. The molecule has 0 aromatic heterocycles. The number of rotatable bonds is 10. The van der Waals surface area contributed by atoms with Gasteiger partial charge in [0, 0.05) is 6.61 Å². The van der Waals surface area contributed by atoms with Crippen molar-refractivity contribution in [3.63, 3.8) is 0 Å². The molecule has 0 aliphatic rings. The molecule has 0 aliphatic heterocycles. The van der Waals surface area contributed by atoms with E-state index in [1.807, 2.05) is 0 Å². The summed E-state index contributed by atoms with van der Waals surface area (Å²) >= 11 is 0. The van der Waals surface area contributed by atoms with Gasteiger partial charge in [-0.3, -0.25) is 0 Å². The average Bonchev–Trinajstić information content (AvgIpc) is 2.56. The summed E-state index contributed by atoms with van der Waals surface area (Å²) in [5.74, 6) is 2.08. The Hall–Kier alpha value is -0.603. The van der Waals surface area contributed by atoms with Crippen molar-refractivity contribution in [2.24, 2.45) is 5.92 Å². The second-order valence-corrected chi connectivity index (χ2v) is 8.35. The van der Waals surface area contributed by atoms with Gasteiger partial charge in [-0.05, 0) is 53.3 Å². The third kappa shape index (κ3) is 5.55. The smallest absolute Gasteiger partial charge is 0.192 e. The van der Waals surface area contributed by atoms with Crippen molar-refractivity contribution in [2.75, 3.05) is 6.61 Å². The molecule has 126 valence electrons. The number of hydrogen-bond donors (Lipinski definition) is 0. The summed E-state index contributed by atoms with van der Waals surface area (Å²) in [5, 5.41) is 1.54. The molecule has 3 unspecified atom stereocenters. The van der Waals surface area contributed by atoms with Crippen molar-refractivity contribution >= 4 is 14.9 Å². The highest BCUT2D eigenvalue weighted by Gasteiger charge is 2.17. The van der Waals surface area contributed by atoms with Crippen LogP contribution in [0.3, 0.4) is 0 Å². The molecular weight excluding hydrogens is 284 g/mol. The highest BCUT2D eigenvalue weighted by Crippen LogP contribution is 2.28. The molecule has 1 aromatic carbocycles. The average molecular weight is 321 g/mol. The van der Waals surface area contributed by atoms with Crippen LogP contribution >= 0.6 is 0 Å². The van der Waals surface area contributed by atoms with Gasteiger partial charge in [0.25, 0.3) is 0 Å². The van der Waals surface area contributed by atoms with Crippen LogP contribution < -0.4 is 5.19 Å². The molecule has 0 bridgehead atoms. The van der Waals surface area contributed by atoms with Crippen LogP contribution in [0.25, 0.3) is 0 Å². The molecule has 1 aromatic rings. The van der Waals surface area contributed by atoms with Gasteiger partial charge < -0.3 is 4.43 Å². The molecule has 3 atom stereocenters. The van der Waals surface area contributed by atoms with E-state index in [0.29, 0.717) is 11.8 Å². The zero-order chi connectivity index (χ0) is 16.5. The molecule has 22 heavy (non-hydrogen) atoms. The summed E-state index contributed by atoms with van der Waals surface area (Å²) in [6.45, 7) is 14.8. The molecule has 0 aliphatic carbocycles. The van der Waals surface area contributed by atoms with Crippen LogP contribution in [0.4, 0.5) is 0 Å². The Morgan fingerprint density at radius 3 is 2.23 bits per heavy atom. The van der Waals surface area contributed by atoms with Crippen molar-refractivity contribution in [3.8, 4) is 0 Å². The summed E-state index contributed by atoms with van der Waals surface area (Å²) < 4.78 is 6.13. The normalized spacial score (nSPS) is 16.1. The van der Waals surface area contributed by atoms with Gasteiger partial charge in [0.05, 0.1) is 0 Å². The SMILES string of the molecule is CCC(C)CCO[SiH2]c1cccc(C(C)CC)c1C(C)CC. The van der Waals surface area contributed by atoms with Crippen molar-refractivity contribution in [2.45, 2.75) is 79.1 Å². The molecular formula is C20H36OSi. The monoisotopic (exact) mass is 320 g/mol. The van der Waals surface area contributed by atoms with Gasteiger partial charge in [-0.15, -0.1) is 0 Å². The van der Waals surface area contributed by atoms with E-state index in [0.717, 1.165) is 12.5 Å². The second kappa shape index (κ2) is 10.2. The molecule has 0 amide bonds. The Kier molecular flexibility index (Phi) is 9.04. The summed E-state index contributed by atoms with van der Waals surface area (Å²) in [4.78, 5) is 0. The van der Waals surface area contributed by atoms with Crippen molar-refractivity contribution in [3.05, 3.63) is 29.3 Å². The van der Waals surface area contributed by atoms with Crippen LogP contribution in [-0.2, 0) is 4.43 Å². The minimum atomic E-state index is -0.604. The van der Waals surface area contributed by atoms with E-state index in [1.165, 1.54) is 30.9 Å². The van der Waals surface area contributed by atoms with Crippen LogP contribution in [0.15, 0.2) is 18.2 Å². The lowest BCUT2D eigenvalue weighted by Gasteiger charge is -2.23. The Balaban J connectivity index is 2.84. The van der Waals surface area contributed by atoms with Crippen LogP contribution in [0.1, 0.15) is 90.2 Å². The summed E-state index contributed by atoms with van der Waals surface area (Å²) in [6.07, 6.45) is 4.88. The first-order chi connectivity index (χ1) is 10.5. The fourth-order valence-electron chi connectivity index (χ4n) is 2.88. The fraction of sp³-hybridized carbons (Fsp3) is 0.700. The quantitative estimate of drug-likeness (QED) is 0.441. The summed E-state index contributed by atoms with van der Waals surface area (Å²) in [6, 6.07) is 6.91. The van der Waals surface area contributed by atoms with E-state index in [-0.39, 0.29) is 0 Å². The highest BCUT2D eigenvalue weighted by molar-refractivity contribution is 6.47. The molecule has 0 saturated heterocycles. The van der Waals surface area contributed by atoms with Crippen LogP contribution in [-0.4, -0.2) is 16.4 Å². The fourth-order valence-corrected chi connectivity index (χ4v) is 4.36. The van der Waals surface area contributed by atoms with Gasteiger partial charge >= 0.3 is 0 Å².